The van der Waals surface area contributed by atoms with Gasteiger partial charge >= 0.3 is 17.9 Å². The van der Waals surface area contributed by atoms with Crippen LogP contribution in [0.5, 0.6) is 0 Å². The molecule has 0 radical (unpaired) electrons. The van der Waals surface area contributed by atoms with E-state index in [2.05, 4.69) is 5.32 Å². The first-order valence-electron chi connectivity index (χ1n) is 19.1. The topological polar surface area (TPSA) is 206 Å². The largest absolute Gasteiger partial charge is 0.456 e. The van der Waals surface area contributed by atoms with Gasteiger partial charge in [-0.05, 0) is 67.8 Å². The third-order valence-corrected chi connectivity index (χ3v) is 12.4. The molecule has 0 aliphatic heterocycles. The Morgan fingerprint density at radius 2 is 1.38 bits per heavy atom. The first kappa shape index (κ1) is 42.1. The van der Waals surface area contributed by atoms with Crippen molar-refractivity contribution in [2.45, 2.75) is 95.7 Å². The van der Waals surface area contributed by atoms with E-state index in [1.165, 1.54) is 45.1 Å². The van der Waals surface area contributed by atoms with Gasteiger partial charge in [0.25, 0.3) is 5.91 Å². The third kappa shape index (κ3) is 7.17. The summed E-state index contributed by atoms with van der Waals surface area (Å²) in [6.45, 7) is 8.55. The quantitative estimate of drug-likeness (QED) is 0.119. The first-order valence-corrected chi connectivity index (χ1v) is 19.1. The van der Waals surface area contributed by atoms with Crippen molar-refractivity contribution in [2.24, 2.45) is 16.7 Å². The number of carbonyl (C=O) groups is 5. The maximum absolute atomic E-state index is 14.9. The second-order valence-electron chi connectivity index (χ2n) is 16.2. The molecule has 3 aliphatic rings. The van der Waals surface area contributed by atoms with Gasteiger partial charge in [0.05, 0.1) is 29.0 Å². The van der Waals surface area contributed by atoms with Crippen LogP contribution in [0.15, 0.2) is 114 Å². The Labute approximate surface area is 336 Å². The van der Waals surface area contributed by atoms with Gasteiger partial charge in [0.2, 0.25) is 0 Å². The van der Waals surface area contributed by atoms with E-state index in [-0.39, 0.29) is 22.3 Å². The summed E-state index contributed by atoms with van der Waals surface area (Å²) in [4.78, 5) is 69.0. The van der Waals surface area contributed by atoms with E-state index in [4.69, 9.17) is 14.2 Å². The van der Waals surface area contributed by atoms with Gasteiger partial charge in [-0.2, -0.15) is 0 Å². The second kappa shape index (κ2) is 15.7. The smallest absolute Gasteiger partial charge is 0.338 e. The van der Waals surface area contributed by atoms with Gasteiger partial charge in [-0.3, -0.25) is 14.4 Å². The van der Waals surface area contributed by atoms with Gasteiger partial charge in [-0.1, -0.05) is 86.7 Å². The van der Waals surface area contributed by atoms with Crippen LogP contribution in [0.1, 0.15) is 80.3 Å². The molecule has 0 aromatic heterocycles. The minimum absolute atomic E-state index is 0.0630. The zero-order valence-electron chi connectivity index (χ0n) is 33.1. The summed E-state index contributed by atoms with van der Waals surface area (Å²) in [5, 5.41) is 51.5. The molecule has 306 valence electrons. The van der Waals surface area contributed by atoms with Crippen LogP contribution in [0.3, 0.4) is 0 Å². The standard InChI is InChI=1S/C45H49NO12/c1-25-30(56-41(54)35(50)33(27-16-10-7-11-17-27)46-39(52)28-18-12-8-13-19-28)24-45(55)38(57-40(53)29-20-14-9-15-21-29)36-43(5,58-26(2)47)23-22-31(48)44(36,6)37(51)34(49)32(25)42(45,3)4/h7-23,30-31,33-36,38,48-50,55H,24H2,1-6H3,(H,46,52)/t30-,31-,33-,34+,35+,36+,38-,43-,44+,45+/m0/s1. The van der Waals surface area contributed by atoms with Crippen LogP contribution in [-0.2, 0) is 28.6 Å². The number of carbonyl (C=O) groups excluding carboxylic acids is 5. The van der Waals surface area contributed by atoms with Gasteiger partial charge < -0.3 is 40.0 Å². The van der Waals surface area contributed by atoms with E-state index < -0.39 is 101 Å². The van der Waals surface area contributed by atoms with Crippen LogP contribution < -0.4 is 5.32 Å². The molecule has 1 fully saturated rings. The highest BCUT2D eigenvalue weighted by atomic mass is 16.6. The van der Waals surface area contributed by atoms with Gasteiger partial charge in [0.1, 0.15) is 29.5 Å². The van der Waals surface area contributed by atoms with Crippen LogP contribution in [0.4, 0.5) is 0 Å². The Hall–Kier alpha value is -5.47. The van der Waals surface area contributed by atoms with Gasteiger partial charge in [-0.25, -0.2) is 9.59 Å². The zero-order chi connectivity index (χ0) is 42.4. The average molecular weight is 796 g/mol. The maximum Gasteiger partial charge on any atom is 0.338 e. The van der Waals surface area contributed by atoms with Crippen molar-refractivity contribution in [2.75, 3.05) is 0 Å². The number of nitrogens with one attached hydrogen (secondary N) is 1. The predicted octanol–water partition coefficient (Wildman–Crippen LogP) is 3.95. The van der Waals surface area contributed by atoms with E-state index in [0.29, 0.717) is 5.56 Å². The molecule has 58 heavy (non-hydrogen) atoms. The summed E-state index contributed by atoms with van der Waals surface area (Å²) in [6.07, 6.45) is -6.78. The molecule has 10 atom stereocenters. The van der Waals surface area contributed by atoms with E-state index >= 15 is 0 Å². The number of fused-ring (bicyclic) bond motifs is 3. The fraction of sp³-hybridized carbons (Fsp3) is 0.400. The van der Waals surface area contributed by atoms with Crippen LogP contribution >= 0.6 is 0 Å². The van der Waals surface area contributed by atoms with Crippen molar-refractivity contribution < 1.29 is 58.6 Å². The highest BCUT2D eigenvalue weighted by molar-refractivity contribution is 5.95. The lowest BCUT2D eigenvalue weighted by Crippen LogP contribution is -2.74. The Morgan fingerprint density at radius 3 is 1.95 bits per heavy atom. The van der Waals surface area contributed by atoms with Crippen LogP contribution in [0.25, 0.3) is 0 Å². The van der Waals surface area contributed by atoms with Crippen molar-refractivity contribution in [3.63, 3.8) is 0 Å². The highest BCUT2D eigenvalue weighted by Gasteiger charge is 2.72. The minimum Gasteiger partial charge on any atom is -0.456 e. The molecule has 0 heterocycles. The van der Waals surface area contributed by atoms with Crippen molar-refractivity contribution in [3.8, 4) is 0 Å². The number of aliphatic hydroxyl groups is 4. The number of ketones is 1. The van der Waals surface area contributed by atoms with Crippen LogP contribution in [0.2, 0.25) is 0 Å². The van der Waals surface area contributed by atoms with Crippen molar-refractivity contribution in [3.05, 3.63) is 131 Å². The number of benzene rings is 3. The van der Waals surface area contributed by atoms with Gasteiger partial charge in [-0.15, -0.1) is 0 Å². The number of Topliss-reactive ketones (excluding diaryl/α,β-unsaturated/α-hetero) is 1. The van der Waals surface area contributed by atoms with E-state index in [9.17, 15) is 44.4 Å². The fourth-order valence-corrected chi connectivity index (χ4v) is 9.23. The lowest BCUT2D eigenvalue weighted by molar-refractivity contribution is -0.241. The van der Waals surface area contributed by atoms with Crippen LogP contribution in [-0.4, -0.2) is 91.7 Å². The zero-order valence-corrected chi connectivity index (χ0v) is 33.1. The molecule has 13 heteroatoms. The second-order valence-corrected chi connectivity index (χ2v) is 16.2. The molecule has 13 nitrogen and oxygen atoms in total. The molecule has 0 unspecified atom stereocenters. The molecule has 1 saturated carbocycles. The van der Waals surface area contributed by atoms with E-state index in [1.54, 1.807) is 92.7 Å². The number of hydrogen-bond acceptors (Lipinski definition) is 12. The molecule has 6 rings (SSSR count). The Balaban J connectivity index is 1.48. The Bertz CT molecular complexity index is 2140. The SMILES string of the molecule is CC(=O)O[C@@]1(C)C=C[C@H](O)[C@@]2(C)C(=O)[C@H](O)C3=C(C)[C@@H](OC(=O)[C@H](O)[C@@H](NC(=O)c4ccccc4)c4ccccc4)C[C@@](O)([C@@H](OC(=O)c4ccccc4)[C@@H]21)C3(C)C. The summed E-state index contributed by atoms with van der Waals surface area (Å²) >= 11 is 0. The summed E-state index contributed by atoms with van der Waals surface area (Å²) in [5.41, 5.74) is -7.01. The normalized spacial score (nSPS) is 31.1. The molecule has 2 bridgehead atoms. The number of aliphatic hydroxyl groups excluding tert-OH is 3. The number of amides is 1. The summed E-state index contributed by atoms with van der Waals surface area (Å²) < 4.78 is 18.1. The summed E-state index contributed by atoms with van der Waals surface area (Å²) in [7, 11) is 0. The molecule has 0 spiro atoms. The highest BCUT2D eigenvalue weighted by Crippen LogP contribution is 2.61. The third-order valence-electron chi connectivity index (χ3n) is 12.4. The molecular weight excluding hydrogens is 746 g/mol. The van der Waals surface area contributed by atoms with Crippen molar-refractivity contribution in [1.82, 2.24) is 5.32 Å². The molecular formula is C45H49NO12. The monoisotopic (exact) mass is 795 g/mol. The summed E-state index contributed by atoms with van der Waals surface area (Å²) in [6, 6.07) is 23.0. The lowest BCUT2D eigenvalue weighted by Gasteiger charge is -2.62. The number of ether oxygens (including phenoxy) is 3. The molecule has 3 aromatic carbocycles. The molecule has 3 aromatic rings. The predicted molar refractivity (Wildman–Crippen MR) is 209 cm³/mol. The Kier molecular flexibility index (Phi) is 11.4. The fourth-order valence-electron chi connectivity index (χ4n) is 9.23. The molecule has 5 N–H and O–H groups in total. The number of rotatable bonds is 9. The van der Waals surface area contributed by atoms with Crippen LogP contribution in [0, 0.1) is 16.7 Å². The van der Waals surface area contributed by atoms with E-state index in [1.807, 2.05) is 0 Å². The lowest BCUT2D eigenvalue weighted by atomic mass is 9.47. The Morgan fingerprint density at radius 1 is 0.828 bits per heavy atom. The molecule has 3 aliphatic carbocycles. The maximum atomic E-state index is 14.9. The number of esters is 3. The van der Waals surface area contributed by atoms with Gasteiger partial charge in [0.15, 0.2) is 11.9 Å². The summed E-state index contributed by atoms with van der Waals surface area (Å²) in [5.74, 6) is -5.97. The minimum atomic E-state index is -2.34. The molecule has 0 saturated heterocycles. The van der Waals surface area contributed by atoms with Gasteiger partial charge in [0, 0.05) is 24.3 Å². The average Bonchev–Trinajstić information content (AvgIpc) is 3.19. The first-order chi connectivity index (χ1) is 27.3. The van der Waals surface area contributed by atoms with Crippen molar-refractivity contribution >= 4 is 29.6 Å². The molecule has 1 amide bonds. The van der Waals surface area contributed by atoms with Crippen molar-refractivity contribution in [1.29, 1.82) is 0 Å². The van der Waals surface area contributed by atoms with E-state index in [0.717, 1.165) is 6.92 Å². The number of hydrogen-bond donors (Lipinski definition) is 5.